The van der Waals surface area contributed by atoms with Crippen LogP contribution >= 0.6 is 0 Å². The fourth-order valence-corrected chi connectivity index (χ4v) is 1.74. The molecular weight excluding hydrogens is 228 g/mol. The molecule has 0 aliphatic rings. The smallest absolute Gasteiger partial charge is 0.144 e. The van der Waals surface area contributed by atoms with Crippen molar-refractivity contribution in [2.45, 2.75) is 33.2 Å². The zero-order chi connectivity index (χ0) is 13.2. The Morgan fingerprint density at radius 1 is 1.17 bits per heavy atom. The van der Waals surface area contributed by atoms with E-state index in [4.69, 9.17) is 5.11 Å². The highest BCUT2D eigenvalue weighted by Gasteiger charge is 2.05. The van der Waals surface area contributed by atoms with Gasteiger partial charge in [-0.05, 0) is 19.4 Å². The number of rotatable bonds is 9. The molecule has 0 bridgehead atoms. The highest BCUT2D eigenvalue weighted by Crippen LogP contribution is 2.04. The average molecular weight is 252 g/mol. The first-order valence-electron chi connectivity index (χ1n) is 6.68. The van der Waals surface area contributed by atoms with E-state index in [0.717, 1.165) is 44.0 Å². The third-order valence-electron chi connectivity index (χ3n) is 2.60. The maximum atomic E-state index is 8.99. The van der Waals surface area contributed by atoms with E-state index in [9.17, 15) is 0 Å². The molecule has 1 aromatic heterocycles. The summed E-state index contributed by atoms with van der Waals surface area (Å²) < 4.78 is 0. The molecule has 18 heavy (non-hydrogen) atoms. The predicted molar refractivity (Wildman–Crippen MR) is 73.5 cm³/mol. The molecule has 0 aliphatic carbocycles. The molecule has 1 heterocycles. The molecule has 1 rings (SSSR count). The Balaban J connectivity index is 2.50. The lowest BCUT2D eigenvalue weighted by atomic mass is 10.3. The molecule has 0 saturated heterocycles. The van der Waals surface area contributed by atoms with Gasteiger partial charge in [-0.15, -0.1) is 0 Å². The van der Waals surface area contributed by atoms with Gasteiger partial charge >= 0.3 is 0 Å². The number of aliphatic hydroxyl groups excluding tert-OH is 1. The third-order valence-corrected chi connectivity index (χ3v) is 2.60. The Morgan fingerprint density at radius 2 is 2.00 bits per heavy atom. The quantitative estimate of drug-likeness (QED) is 0.697. The first-order valence-corrected chi connectivity index (χ1v) is 6.68. The van der Waals surface area contributed by atoms with Crippen LogP contribution in [0.2, 0.25) is 0 Å². The van der Waals surface area contributed by atoms with Gasteiger partial charge in [-0.25, -0.2) is 4.98 Å². The van der Waals surface area contributed by atoms with E-state index in [2.05, 4.69) is 34.0 Å². The Bertz CT molecular complexity index is 309. The van der Waals surface area contributed by atoms with Crippen molar-refractivity contribution in [2.75, 3.05) is 31.6 Å². The van der Waals surface area contributed by atoms with Crippen molar-refractivity contribution >= 4 is 5.82 Å². The topological polar surface area (TPSA) is 61.3 Å². The van der Waals surface area contributed by atoms with Crippen LogP contribution in [0, 0.1) is 0 Å². The van der Waals surface area contributed by atoms with Crippen molar-refractivity contribution < 1.29 is 5.11 Å². The van der Waals surface area contributed by atoms with Crippen LogP contribution < -0.4 is 5.32 Å². The molecule has 0 atom stereocenters. The monoisotopic (exact) mass is 252 g/mol. The SMILES string of the molecule is CCCNc1cnc(CN(CCC)CCO)cn1. The maximum Gasteiger partial charge on any atom is 0.144 e. The third kappa shape index (κ3) is 5.42. The molecule has 0 spiro atoms. The van der Waals surface area contributed by atoms with Gasteiger partial charge in [0.2, 0.25) is 0 Å². The molecule has 0 saturated carbocycles. The van der Waals surface area contributed by atoms with Crippen molar-refractivity contribution in [3.8, 4) is 0 Å². The van der Waals surface area contributed by atoms with Crippen LogP contribution in [0.1, 0.15) is 32.4 Å². The summed E-state index contributed by atoms with van der Waals surface area (Å²) in [6, 6.07) is 0. The number of nitrogens with one attached hydrogen (secondary N) is 1. The van der Waals surface area contributed by atoms with E-state index in [1.165, 1.54) is 0 Å². The highest BCUT2D eigenvalue weighted by molar-refractivity contribution is 5.30. The van der Waals surface area contributed by atoms with E-state index >= 15 is 0 Å². The molecule has 0 amide bonds. The van der Waals surface area contributed by atoms with Crippen molar-refractivity contribution in [2.24, 2.45) is 0 Å². The van der Waals surface area contributed by atoms with Crippen LogP contribution in [0.4, 0.5) is 5.82 Å². The van der Waals surface area contributed by atoms with Gasteiger partial charge in [0, 0.05) is 19.6 Å². The zero-order valence-electron chi connectivity index (χ0n) is 11.4. The van der Waals surface area contributed by atoms with Crippen LogP contribution in [0.5, 0.6) is 0 Å². The minimum Gasteiger partial charge on any atom is -0.395 e. The lowest BCUT2D eigenvalue weighted by Gasteiger charge is -2.19. The number of nitrogens with zero attached hydrogens (tertiary/aromatic N) is 3. The largest absolute Gasteiger partial charge is 0.395 e. The number of aromatic nitrogens is 2. The van der Waals surface area contributed by atoms with Crippen molar-refractivity contribution in [3.63, 3.8) is 0 Å². The van der Waals surface area contributed by atoms with Crippen molar-refractivity contribution in [3.05, 3.63) is 18.1 Å². The molecule has 0 aliphatic heterocycles. The minimum absolute atomic E-state index is 0.184. The fourth-order valence-electron chi connectivity index (χ4n) is 1.74. The van der Waals surface area contributed by atoms with Gasteiger partial charge in [0.05, 0.1) is 24.7 Å². The summed E-state index contributed by atoms with van der Waals surface area (Å²) in [5.74, 6) is 0.824. The summed E-state index contributed by atoms with van der Waals surface area (Å²) in [6.07, 6.45) is 5.72. The Kier molecular flexibility index (Phi) is 7.29. The predicted octanol–water partition coefficient (Wildman–Crippen LogP) is 1.50. The average Bonchev–Trinajstić information content (AvgIpc) is 2.38. The van der Waals surface area contributed by atoms with Gasteiger partial charge in [-0.1, -0.05) is 13.8 Å². The first kappa shape index (κ1) is 14.9. The van der Waals surface area contributed by atoms with E-state index in [0.29, 0.717) is 6.54 Å². The highest BCUT2D eigenvalue weighted by atomic mass is 16.3. The van der Waals surface area contributed by atoms with Crippen LogP contribution in [-0.2, 0) is 6.54 Å². The minimum atomic E-state index is 0.184. The summed E-state index contributed by atoms with van der Waals surface area (Å²) in [5, 5.41) is 12.2. The fraction of sp³-hybridized carbons (Fsp3) is 0.692. The van der Waals surface area contributed by atoms with Crippen molar-refractivity contribution in [1.29, 1.82) is 0 Å². The summed E-state index contributed by atoms with van der Waals surface area (Å²) in [6.45, 7) is 7.75. The maximum absolute atomic E-state index is 8.99. The molecule has 102 valence electrons. The van der Waals surface area contributed by atoms with Gasteiger partial charge < -0.3 is 10.4 Å². The lowest BCUT2D eigenvalue weighted by Crippen LogP contribution is -2.27. The summed E-state index contributed by atoms with van der Waals surface area (Å²) in [5.41, 5.74) is 0.943. The first-order chi connectivity index (χ1) is 8.80. The normalized spacial score (nSPS) is 10.9. The van der Waals surface area contributed by atoms with E-state index in [1.807, 2.05) is 0 Å². The standard InChI is InChI=1S/C13H24N4O/c1-3-5-14-13-10-15-12(9-16-13)11-17(6-4-2)7-8-18/h9-10,18H,3-8,11H2,1-2H3,(H,14,16). The zero-order valence-corrected chi connectivity index (χ0v) is 11.4. The second-order valence-electron chi connectivity index (χ2n) is 4.32. The van der Waals surface area contributed by atoms with Crippen LogP contribution in [0.25, 0.3) is 0 Å². The van der Waals surface area contributed by atoms with Crippen LogP contribution in [0.15, 0.2) is 12.4 Å². The van der Waals surface area contributed by atoms with Gasteiger partial charge in [0.25, 0.3) is 0 Å². The van der Waals surface area contributed by atoms with Gasteiger partial charge in [0.1, 0.15) is 5.82 Å². The summed E-state index contributed by atoms with van der Waals surface area (Å²) in [4.78, 5) is 10.9. The number of hydrogen-bond donors (Lipinski definition) is 2. The molecule has 0 aromatic carbocycles. The summed E-state index contributed by atoms with van der Waals surface area (Å²) in [7, 11) is 0. The molecule has 5 nitrogen and oxygen atoms in total. The second kappa shape index (κ2) is 8.83. The molecule has 1 aromatic rings. The van der Waals surface area contributed by atoms with E-state index < -0.39 is 0 Å². The van der Waals surface area contributed by atoms with Gasteiger partial charge in [-0.2, -0.15) is 0 Å². The van der Waals surface area contributed by atoms with Gasteiger partial charge in [0.15, 0.2) is 0 Å². The molecule has 5 heteroatoms. The molecule has 0 unspecified atom stereocenters. The molecular formula is C13H24N4O. The summed E-state index contributed by atoms with van der Waals surface area (Å²) >= 11 is 0. The molecule has 0 radical (unpaired) electrons. The van der Waals surface area contributed by atoms with Crippen LogP contribution in [0.3, 0.4) is 0 Å². The Labute approximate surface area is 109 Å². The number of hydrogen-bond acceptors (Lipinski definition) is 5. The Morgan fingerprint density at radius 3 is 2.56 bits per heavy atom. The number of aliphatic hydroxyl groups is 1. The lowest BCUT2D eigenvalue weighted by molar-refractivity contribution is 0.189. The number of anilines is 1. The van der Waals surface area contributed by atoms with E-state index in [1.54, 1.807) is 12.4 Å². The molecule has 0 fully saturated rings. The van der Waals surface area contributed by atoms with E-state index in [-0.39, 0.29) is 6.61 Å². The Hall–Kier alpha value is -1.20. The van der Waals surface area contributed by atoms with Crippen LogP contribution in [-0.4, -0.2) is 46.2 Å². The van der Waals surface area contributed by atoms with Gasteiger partial charge in [-0.3, -0.25) is 9.88 Å². The van der Waals surface area contributed by atoms with Crippen molar-refractivity contribution in [1.82, 2.24) is 14.9 Å². The molecule has 2 N–H and O–H groups in total. The second-order valence-corrected chi connectivity index (χ2v) is 4.32.